The second kappa shape index (κ2) is 9.07. The Hall–Kier alpha value is -1.02. The molecule has 2 heteroatoms. The van der Waals surface area contributed by atoms with Gasteiger partial charge in [-0.3, -0.25) is 0 Å². The van der Waals surface area contributed by atoms with E-state index in [-0.39, 0.29) is 17.1 Å². The Morgan fingerprint density at radius 3 is 1.88 bits per heavy atom. The third-order valence-corrected chi connectivity index (χ3v) is 4.43. The standard InChI is InChI=1S/C23H40O2/c1-10-24-21(16-22(4,5)6)25-19-13-11-18(12-14-19)20(15-17(2)3)23(7,8)9/h11-14,17,20-21H,10,15-16H2,1-9H3. The van der Waals surface area contributed by atoms with E-state index in [0.29, 0.717) is 18.4 Å². The zero-order valence-electron chi connectivity index (χ0n) is 18.0. The van der Waals surface area contributed by atoms with Crippen LogP contribution in [0.15, 0.2) is 24.3 Å². The molecule has 0 N–H and O–H groups in total. The number of hydrogen-bond acceptors (Lipinski definition) is 2. The van der Waals surface area contributed by atoms with Crippen LogP contribution in [0.5, 0.6) is 5.75 Å². The van der Waals surface area contributed by atoms with Crippen molar-refractivity contribution >= 4 is 0 Å². The summed E-state index contributed by atoms with van der Waals surface area (Å²) >= 11 is 0. The van der Waals surface area contributed by atoms with E-state index in [4.69, 9.17) is 9.47 Å². The van der Waals surface area contributed by atoms with Gasteiger partial charge >= 0.3 is 0 Å². The zero-order chi connectivity index (χ0) is 19.3. The normalized spacial score (nSPS) is 15.3. The van der Waals surface area contributed by atoms with Crippen molar-refractivity contribution in [2.24, 2.45) is 16.7 Å². The van der Waals surface area contributed by atoms with Crippen LogP contribution in [-0.2, 0) is 4.74 Å². The zero-order valence-corrected chi connectivity index (χ0v) is 18.0. The van der Waals surface area contributed by atoms with Gasteiger partial charge in [0.25, 0.3) is 0 Å². The predicted molar refractivity (Wildman–Crippen MR) is 108 cm³/mol. The van der Waals surface area contributed by atoms with Crippen LogP contribution in [0.25, 0.3) is 0 Å². The molecule has 2 atom stereocenters. The molecule has 0 amide bonds. The summed E-state index contributed by atoms with van der Waals surface area (Å²) in [4.78, 5) is 0. The fraction of sp³-hybridized carbons (Fsp3) is 0.739. The lowest BCUT2D eigenvalue weighted by molar-refractivity contribution is -0.0952. The molecule has 0 spiro atoms. The maximum Gasteiger partial charge on any atom is 0.200 e. The van der Waals surface area contributed by atoms with Crippen LogP contribution >= 0.6 is 0 Å². The Bertz CT molecular complexity index is 488. The van der Waals surface area contributed by atoms with Crippen LogP contribution < -0.4 is 4.74 Å². The van der Waals surface area contributed by atoms with Crippen LogP contribution in [0.4, 0.5) is 0 Å². The molecule has 144 valence electrons. The maximum absolute atomic E-state index is 6.11. The molecule has 1 rings (SSSR count). The molecule has 25 heavy (non-hydrogen) atoms. The van der Waals surface area contributed by atoms with Gasteiger partial charge in [0.2, 0.25) is 0 Å². The summed E-state index contributed by atoms with van der Waals surface area (Å²) in [6.45, 7) is 20.9. The lowest BCUT2D eigenvalue weighted by Gasteiger charge is -2.33. The van der Waals surface area contributed by atoms with Gasteiger partial charge in [-0.2, -0.15) is 0 Å². The van der Waals surface area contributed by atoms with Gasteiger partial charge in [-0.15, -0.1) is 0 Å². The van der Waals surface area contributed by atoms with E-state index < -0.39 is 0 Å². The molecule has 0 heterocycles. The van der Waals surface area contributed by atoms with Crippen molar-refractivity contribution < 1.29 is 9.47 Å². The maximum atomic E-state index is 6.11. The highest BCUT2D eigenvalue weighted by Gasteiger charge is 2.27. The molecular formula is C23H40O2. The minimum absolute atomic E-state index is 0.175. The van der Waals surface area contributed by atoms with Gasteiger partial charge in [0.1, 0.15) is 5.75 Å². The molecule has 2 nitrogen and oxygen atoms in total. The smallest absolute Gasteiger partial charge is 0.200 e. The fourth-order valence-corrected chi connectivity index (χ4v) is 3.21. The Kier molecular flexibility index (Phi) is 7.99. The first kappa shape index (κ1) is 22.0. The Morgan fingerprint density at radius 2 is 1.48 bits per heavy atom. The molecule has 0 aromatic heterocycles. The average molecular weight is 349 g/mol. The molecule has 0 fully saturated rings. The summed E-state index contributed by atoms with van der Waals surface area (Å²) < 4.78 is 11.9. The highest BCUT2D eigenvalue weighted by atomic mass is 16.7. The first-order valence-electron chi connectivity index (χ1n) is 9.80. The SMILES string of the molecule is CCOC(CC(C)(C)C)Oc1ccc(C(CC(C)C)C(C)(C)C)cc1. The molecule has 0 saturated heterocycles. The monoisotopic (exact) mass is 348 g/mol. The summed E-state index contributed by atoms with van der Waals surface area (Å²) in [6, 6.07) is 8.66. The number of benzene rings is 1. The first-order chi connectivity index (χ1) is 11.4. The van der Waals surface area contributed by atoms with Crippen LogP contribution in [0.3, 0.4) is 0 Å². The lowest BCUT2D eigenvalue weighted by atomic mass is 9.72. The first-order valence-corrected chi connectivity index (χ1v) is 9.80. The number of hydrogen-bond donors (Lipinski definition) is 0. The molecule has 0 radical (unpaired) electrons. The highest BCUT2D eigenvalue weighted by molar-refractivity contribution is 5.30. The van der Waals surface area contributed by atoms with E-state index in [1.165, 1.54) is 12.0 Å². The Balaban J connectivity index is 2.89. The topological polar surface area (TPSA) is 18.5 Å². The summed E-state index contributed by atoms with van der Waals surface area (Å²) in [6.07, 6.45) is 1.89. The molecule has 1 aromatic rings. The van der Waals surface area contributed by atoms with Crippen molar-refractivity contribution in [2.75, 3.05) is 6.61 Å². The minimum Gasteiger partial charge on any atom is -0.465 e. The molecule has 0 aliphatic heterocycles. The van der Waals surface area contributed by atoms with Gasteiger partial charge in [-0.25, -0.2) is 0 Å². The van der Waals surface area contributed by atoms with E-state index in [1.807, 2.05) is 6.92 Å². The van der Waals surface area contributed by atoms with Crippen molar-refractivity contribution in [3.05, 3.63) is 29.8 Å². The van der Waals surface area contributed by atoms with E-state index >= 15 is 0 Å². The quantitative estimate of drug-likeness (QED) is 0.469. The molecule has 2 unspecified atom stereocenters. The minimum atomic E-state index is -0.190. The summed E-state index contributed by atoms with van der Waals surface area (Å²) in [5, 5.41) is 0. The predicted octanol–water partition coefficient (Wildman–Crippen LogP) is 7.04. The van der Waals surface area contributed by atoms with Crippen LogP contribution in [0.2, 0.25) is 0 Å². The molecular weight excluding hydrogens is 308 g/mol. The number of rotatable bonds is 8. The highest BCUT2D eigenvalue weighted by Crippen LogP contribution is 2.40. The molecule has 0 saturated carbocycles. The third-order valence-electron chi connectivity index (χ3n) is 4.43. The third kappa shape index (κ3) is 8.27. The molecule has 0 aliphatic carbocycles. The van der Waals surface area contributed by atoms with Crippen molar-refractivity contribution in [1.29, 1.82) is 0 Å². The van der Waals surface area contributed by atoms with Crippen LogP contribution in [0.1, 0.15) is 86.6 Å². The van der Waals surface area contributed by atoms with Gasteiger partial charge < -0.3 is 9.47 Å². The second-order valence-electron chi connectivity index (χ2n) is 9.88. The van der Waals surface area contributed by atoms with E-state index in [1.54, 1.807) is 0 Å². The van der Waals surface area contributed by atoms with Gasteiger partial charge in [-0.05, 0) is 53.7 Å². The van der Waals surface area contributed by atoms with Crippen molar-refractivity contribution in [3.63, 3.8) is 0 Å². The Labute approximate surface area is 156 Å². The molecule has 0 bridgehead atoms. The van der Waals surface area contributed by atoms with Crippen molar-refractivity contribution in [3.8, 4) is 5.75 Å². The Morgan fingerprint density at radius 1 is 0.920 bits per heavy atom. The largest absolute Gasteiger partial charge is 0.465 e. The number of ether oxygens (including phenoxy) is 2. The van der Waals surface area contributed by atoms with Gasteiger partial charge in [0.15, 0.2) is 6.29 Å². The summed E-state index contributed by atoms with van der Waals surface area (Å²) in [7, 11) is 0. The molecule has 1 aromatic carbocycles. The lowest BCUT2D eigenvalue weighted by Crippen LogP contribution is -2.26. The van der Waals surface area contributed by atoms with E-state index in [2.05, 4.69) is 79.7 Å². The summed E-state index contributed by atoms with van der Waals surface area (Å²) in [5.41, 5.74) is 1.83. The van der Waals surface area contributed by atoms with Crippen LogP contribution in [0, 0.1) is 16.7 Å². The van der Waals surface area contributed by atoms with Gasteiger partial charge in [0.05, 0.1) is 0 Å². The van der Waals surface area contributed by atoms with Crippen molar-refractivity contribution in [2.45, 2.75) is 87.4 Å². The fourth-order valence-electron chi connectivity index (χ4n) is 3.21. The van der Waals surface area contributed by atoms with Crippen molar-refractivity contribution in [1.82, 2.24) is 0 Å². The van der Waals surface area contributed by atoms with Gasteiger partial charge in [0, 0.05) is 13.0 Å². The second-order valence-corrected chi connectivity index (χ2v) is 9.88. The summed E-state index contributed by atoms with van der Waals surface area (Å²) in [5.74, 6) is 2.14. The van der Waals surface area contributed by atoms with Gasteiger partial charge in [-0.1, -0.05) is 67.5 Å². The average Bonchev–Trinajstić information content (AvgIpc) is 2.43. The molecule has 0 aliphatic rings. The van der Waals surface area contributed by atoms with E-state index in [0.717, 1.165) is 12.2 Å². The van der Waals surface area contributed by atoms with E-state index in [9.17, 15) is 0 Å². The van der Waals surface area contributed by atoms with Crippen LogP contribution in [-0.4, -0.2) is 12.9 Å².